The molecule has 0 spiro atoms. The van der Waals surface area contributed by atoms with Gasteiger partial charge in [-0.15, -0.1) is 11.6 Å². The van der Waals surface area contributed by atoms with Crippen LogP contribution in [0.1, 0.15) is 23.4 Å². The summed E-state index contributed by atoms with van der Waals surface area (Å²) in [6.07, 6.45) is 0. The number of ether oxygens (including phenoxy) is 2. The predicted molar refractivity (Wildman–Crippen MR) is 86.0 cm³/mol. The molecule has 112 valence electrons. The second-order valence-corrected chi connectivity index (χ2v) is 5.72. The van der Waals surface area contributed by atoms with E-state index in [1.807, 2.05) is 25.1 Å². The van der Waals surface area contributed by atoms with Crippen LogP contribution in [-0.4, -0.2) is 13.7 Å². The summed E-state index contributed by atoms with van der Waals surface area (Å²) in [5.41, 5.74) is 1.11. The SMILES string of the molecule is CCOc1ccc(Br)cc1C(Cl)c1ccc(OC)cc1F. The third-order valence-electron chi connectivity index (χ3n) is 3.03. The highest BCUT2D eigenvalue weighted by molar-refractivity contribution is 9.10. The van der Waals surface area contributed by atoms with E-state index in [2.05, 4.69) is 15.9 Å². The number of rotatable bonds is 5. The maximum Gasteiger partial charge on any atom is 0.131 e. The van der Waals surface area contributed by atoms with Gasteiger partial charge in [-0.25, -0.2) is 4.39 Å². The molecule has 2 aromatic rings. The third-order valence-corrected chi connectivity index (χ3v) is 3.99. The first-order valence-electron chi connectivity index (χ1n) is 6.46. The van der Waals surface area contributed by atoms with Gasteiger partial charge >= 0.3 is 0 Å². The average molecular weight is 374 g/mol. The van der Waals surface area contributed by atoms with Crippen molar-refractivity contribution in [2.45, 2.75) is 12.3 Å². The Morgan fingerprint density at radius 2 is 1.95 bits per heavy atom. The monoisotopic (exact) mass is 372 g/mol. The lowest BCUT2D eigenvalue weighted by Gasteiger charge is -2.17. The predicted octanol–water partition coefficient (Wildman–Crippen LogP) is 5.32. The van der Waals surface area contributed by atoms with Gasteiger partial charge in [0.1, 0.15) is 17.3 Å². The van der Waals surface area contributed by atoms with Crippen LogP contribution in [0.25, 0.3) is 0 Å². The van der Waals surface area contributed by atoms with Gasteiger partial charge in [0, 0.05) is 21.7 Å². The zero-order chi connectivity index (χ0) is 15.4. The summed E-state index contributed by atoms with van der Waals surface area (Å²) < 4.78 is 25.6. The first kappa shape index (κ1) is 16.1. The number of hydrogen-bond acceptors (Lipinski definition) is 2. The van der Waals surface area contributed by atoms with E-state index < -0.39 is 11.2 Å². The summed E-state index contributed by atoms with van der Waals surface area (Å²) in [4.78, 5) is 0. The zero-order valence-corrected chi connectivity index (χ0v) is 14.0. The molecule has 0 bridgehead atoms. The van der Waals surface area contributed by atoms with Crippen LogP contribution in [0.5, 0.6) is 11.5 Å². The number of hydrogen-bond donors (Lipinski definition) is 0. The molecule has 0 amide bonds. The van der Waals surface area contributed by atoms with Gasteiger partial charge in [-0.2, -0.15) is 0 Å². The smallest absolute Gasteiger partial charge is 0.131 e. The summed E-state index contributed by atoms with van der Waals surface area (Å²) in [7, 11) is 1.49. The van der Waals surface area contributed by atoms with Gasteiger partial charge in [-0.1, -0.05) is 22.0 Å². The lowest BCUT2D eigenvalue weighted by atomic mass is 10.0. The minimum atomic E-state index is -0.644. The van der Waals surface area contributed by atoms with Gasteiger partial charge in [0.25, 0.3) is 0 Å². The van der Waals surface area contributed by atoms with E-state index in [-0.39, 0.29) is 0 Å². The number of methoxy groups -OCH3 is 1. The van der Waals surface area contributed by atoms with E-state index in [4.69, 9.17) is 21.1 Å². The van der Waals surface area contributed by atoms with Crippen molar-refractivity contribution in [1.82, 2.24) is 0 Å². The highest BCUT2D eigenvalue weighted by Crippen LogP contribution is 2.38. The minimum Gasteiger partial charge on any atom is -0.497 e. The molecule has 0 saturated carbocycles. The van der Waals surface area contributed by atoms with Crippen LogP contribution >= 0.6 is 27.5 Å². The van der Waals surface area contributed by atoms with E-state index in [9.17, 15) is 4.39 Å². The normalized spacial score (nSPS) is 12.0. The zero-order valence-electron chi connectivity index (χ0n) is 11.7. The first-order chi connectivity index (χ1) is 10.1. The fourth-order valence-electron chi connectivity index (χ4n) is 2.01. The van der Waals surface area contributed by atoms with Crippen LogP contribution in [0.3, 0.4) is 0 Å². The van der Waals surface area contributed by atoms with Crippen molar-refractivity contribution >= 4 is 27.5 Å². The average Bonchev–Trinajstić information content (AvgIpc) is 2.48. The summed E-state index contributed by atoms with van der Waals surface area (Å²) in [6.45, 7) is 2.41. The van der Waals surface area contributed by atoms with Crippen molar-refractivity contribution in [3.05, 3.63) is 57.8 Å². The minimum absolute atomic E-state index is 0.386. The number of halogens is 3. The quantitative estimate of drug-likeness (QED) is 0.660. The summed E-state index contributed by atoms with van der Waals surface area (Å²) in [5.74, 6) is 0.701. The largest absolute Gasteiger partial charge is 0.497 e. The third kappa shape index (κ3) is 3.69. The molecule has 0 aromatic heterocycles. The first-order valence-corrected chi connectivity index (χ1v) is 7.69. The Labute approximate surface area is 137 Å². The van der Waals surface area contributed by atoms with Gasteiger partial charge < -0.3 is 9.47 Å². The molecule has 1 atom stereocenters. The molecule has 0 aliphatic heterocycles. The molecule has 0 aliphatic rings. The Hall–Kier alpha value is -1.26. The van der Waals surface area contributed by atoms with Crippen molar-refractivity contribution in [3.63, 3.8) is 0 Å². The summed E-state index contributed by atoms with van der Waals surface area (Å²) in [6, 6.07) is 10.2. The van der Waals surface area contributed by atoms with Crippen LogP contribution in [0.15, 0.2) is 40.9 Å². The highest BCUT2D eigenvalue weighted by Gasteiger charge is 2.20. The van der Waals surface area contributed by atoms with Crippen LogP contribution in [-0.2, 0) is 0 Å². The maximum absolute atomic E-state index is 14.2. The topological polar surface area (TPSA) is 18.5 Å². The molecule has 2 rings (SSSR count). The second-order valence-electron chi connectivity index (χ2n) is 4.37. The Balaban J connectivity index is 2.43. The van der Waals surface area contributed by atoms with Crippen LogP contribution in [0, 0.1) is 5.82 Å². The Bertz CT molecular complexity index is 634. The molecule has 21 heavy (non-hydrogen) atoms. The molecular formula is C16H15BrClFO2. The van der Waals surface area contributed by atoms with Gasteiger partial charge in [0.2, 0.25) is 0 Å². The molecule has 0 heterocycles. The molecule has 1 unspecified atom stereocenters. The van der Waals surface area contributed by atoms with Crippen LogP contribution in [0.4, 0.5) is 4.39 Å². The molecule has 2 nitrogen and oxygen atoms in total. The lowest BCUT2D eigenvalue weighted by Crippen LogP contribution is -2.02. The molecule has 0 saturated heterocycles. The van der Waals surface area contributed by atoms with Gasteiger partial charge in [-0.05, 0) is 31.2 Å². The fourth-order valence-corrected chi connectivity index (χ4v) is 2.74. The van der Waals surface area contributed by atoms with Crippen LogP contribution < -0.4 is 9.47 Å². The highest BCUT2D eigenvalue weighted by atomic mass is 79.9. The standard InChI is InChI=1S/C16H15BrClFO2/c1-3-21-15-7-4-10(17)8-13(15)16(18)12-6-5-11(20-2)9-14(12)19/h4-9,16H,3H2,1-2H3. The number of benzene rings is 2. The van der Waals surface area contributed by atoms with Crippen molar-refractivity contribution < 1.29 is 13.9 Å². The molecular weight excluding hydrogens is 359 g/mol. The molecule has 0 fully saturated rings. The Kier molecular flexibility index (Phi) is 5.48. The van der Waals surface area contributed by atoms with Crippen molar-refractivity contribution in [2.75, 3.05) is 13.7 Å². The van der Waals surface area contributed by atoms with Crippen molar-refractivity contribution in [1.29, 1.82) is 0 Å². The Morgan fingerprint density at radius 3 is 2.57 bits per heavy atom. The fraction of sp³-hybridized carbons (Fsp3) is 0.250. The molecule has 0 radical (unpaired) electrons. The van der Waals surface area contributed by atoms with E-state index in [1.54, 1.807) is 12.1 Å². The van der Waals surface area contributed by atoms with Gasteiger partial charge in [0.15, 0.2) is 0 Å². The molecule has 0 N–H and O–H groups in total. The van der Waals surface area contributed by atoms with Gasteiger partial charge in [-0.3, -0.25) is 0 Å². The molecule has 5 heteroatoms. The van der Waals surface area contributed by atoms with E-state index >= 15 is 0 Å². The molecule has 2 aromatic carbocycles. The van der Waals surface area contributed by atoms with Crippen molar-refractivity contribution in [2.24, 2.45) is 0 Å². The van der Waals surface area contributed by atoms with Crippen LogP contribution in [0.2, 0.25) is 0 Å². The van der Waals surface area contributed by atoms with Gasteiger partial charge in [0.05, 0.1) is 19.1 Å². The number of alkyl halides is 1. The Morgan fingerprint density at radius 1 is 1.19 bits per heavy atom. The maximum atomic E-state index is 14.2. The van der Waals surface area contributed by atoms with E-state index in [0.29, 0.717) is 23.7 Å². The molecule has 0 aliphatic carbocycles. The summed E-state index contributed by atoms with van der Waals surface area (Å²) >= 11 is 9.87. The lowest BCUT2D eigenvalue weighted by molar-refractivity contribution is 0.336. The second kappa shape index (κ2) is 7.14. The summed E-state index contributed by atoms with van der Waals surface area (Å²) in [5, 5.41) is -0.644. The van der Waals surface area contributed by atoms with Crippen molar-refractivity contribution in [3.8, 4) is 11.5 Å². The van der Waals surface area contributed by atoms with E-state index in [0.717, 1.165) is 10.0 Å². The van der Waals surface area contributed by atoms with E-state index in [1.165, 1.54) is 13.2 Å².